The number of carbonyl (C=O) groups is 1. The molecule has 0 aliphatic carbocycles. The van der Waals surface area contributed by atoms with Gasteiger partial charge in [0, 0.05) is 11.4 Å². The van der Waals surface area contributed by atoms with E-state index in [0.29, 0.717) is 11.4 Å². The van der Waals surface area contributed by atoms with Gasteiger partial charge in [-0.15, -0.1) is 0 Å². The van der Waals surface area contributed by atoms with E-state index in [1.54, 1.807) is 30.3 Å². The van der Waals surface area contributed by atoms with Gasteiger partial charge in [0.2, 0.25) is 0 Å². The number of anilines is 2. The zero-order chi connectivity index (χ0) is 13.8. The van der Waals surface area contributed by atoms with Crippen LogP contribution in [0.25, 0.3) is 0 Å². The van der Waals surface area contributed by atoms with E-state index in [9.17, 15) is 9.18 Å². The Morgan fingerprint density at radius 2 is 2.00 bits per heavy atom. The third kappa shape index (κ3) is 2.91. The molecular weight excluding hydrogens is 243 g/mol. The molecule has 0 aliphatic rings. The predicted octanol–water partition coefficient (Wildman–Crippen LogP) is 3.22. The van der Waals surface area contributed by atoms with E-state index in [0.717, 1.165) is 12.0 Å². The van der Waals surface area contributed by atoms with Crippen molar-refractivity contribution in [1.29, 1.82) is 0 Å². The molecule has 0 aliphatic heterocycles. The first-order valence-corrected chi connectivity index (χ1v) is 6.06. The van der Waals surface area contributed by atoms with Crippen LogP contribution in [0.1, 0.15) is 22.8 Å². The lowest BCUT2D eigenvalue weighted by molar-refractivity contribution is 0.102. The molecule has 0 heterocycles. The monoisotopic (exact) mass is 258 g/mol. The second-order valence-corrected chi connectivity index (χ2v) is 4.20. The molecule has 1 amide bonds. The fourth-order valence-corrected chi connectivity index (χ4v) is 1.86. The summed E-state index contributed by atoms with van der Waals surface area (Å²) < 4.78 is 13.5. The van der Waals surface area contributed by atoms with Crippen LogP contribution < -0.4 is 11.1 Å². The number of benzene rings is 2. The second kappa shape index (κ2) is 5.52. The van der Waals surface area contributed by atoms with E-state index in [2.05, 4.69) is 5.32 Å². The van der Waals surface area contributed by atoms with Gasteiger partial charge in [-0.1, -0.05) is 19.1 Å². The fraction of sp³-hybridized carbons (Fsp3) is 0.133. The van der Waals surface area contributed by atoms with Gasteiger partial charge in [0.25, 0.3) is 5.91 Å². The third-order valence-electron chi connectivity index (χ3n) is 2.88. The Hall–Kier alpha value is -2.36. The van der Waals surface area contributed by atoms with Crippen molar-refractivity contribution < 1.29 is 9.18 Å². The van der Waals surface area contributed by atoms with Crippen molar-refractivity contribution in [3.8, 4) is 0 Å². The molecule has 0 unspecified atom stereocenters. The second-order valence-electron chi connectivity index (χ2n) is 4.20. The summed E-state index contributed by atoms with van der Waals surface area (Å²) in [5.41, 5.74) is 7.94. The predicted molar refractivity (Wildman–Crippen MR) is 74.6 cm³/mol. The number of carbonyl (C=O) groups excluding carboxylic acids is 1. The van der Waals surface area contributed by atoms with Gasteiger partial charge in [0.05, 0.1) is 5.56 Å². The molecule has 4 heteroatoms. The molecule has 3 nitrogen and oxygen atoms in total. The first-order valence-electron chi connectivity index (χ1n) is 6.06. The normalized spacial score (nSPS) is 10.2. The molecule has 0 atom stereocenters. The Morgan fingerprint density at radius 1 is 1.26 bits per heavy atom. The molecule has 0 aromatic heterocycles. The SMILES string of the molecule is CCc1cc(N)ccc1NC(=O)c1ccccc1F. The maximum Gasteiger partial charge on any atom is 0.258 e. The van der Waals surface area contributed by atoms with Crippen molar-refractivity contribution >= 4 is 17.3 Å². The average molecular weight is 258 g/mol. The van der Waals surface area contributed by atoms with Crippen molar-refractivity contribution in [2.45, 2.75) is 13.3 Å². The maximum atomic E-state index is 13.5. The summed E-state index contributed by atoms with van der Waals surface area (Å²) in [5.74, 6) is -0.994. The lowest BCUT2D eigenvalue weighted by Gasteiger charge is -2.11. The van der Waals surface area contributed by atoms with E-state index >= 15 is 0 Å². The highest BCUT2D eigenvalue weighted by molar-refractivity contribution is 6.04. The van der Waals surface area contributed by atoms with Crippen LogP contribution in [-0.4, -0.2) is 5.91 Å². The van der Waals surface area contributed by atoms with E-state index in [4.69, 9.17) is 5.73 Å². The molecule has 2 aromatic rings. The van der Waals surface area contributed by atoms with E-state index in [1.165, 1.54) is 12.1 Å². The number of nitrogens with two attached hydrogens (primary N) is 1. The number of nitrogen functional groups attached to an aromatic ring is 1. The molecule has 0 saturated heterocycles. The molecule has 0 spiro atoms. The van der Waals surface area contributed by atoms with E-state index in [-0.39, 0.29) is 5.56 Å². The highest BCUT2D eigenvalue weighted by atomic mass is 19.1. The quantitative estimate of drug-likeness (QED) is 0.830. The topological polar surface area (TPSA) is 55.1 Å². The van der Waals surface area contributed by atoms with Gasteiger partial charge in [-0.3, -0.25) is 4.79 Å². The Balaban J connectivity index is 2.27. The van der Waals surface area contributed by atoms with Crippen LogP contribution in [0, 0.1) is 5.82 Å². The first kappa shape index (κ1) is 13.1. The van der Waals surface area contributed by atoms with Crippen LogP contribution in [0.5, 0.6) is 0 Å². The molecule has 0 bridgehead atoms. The zero-order valence-corrected chi connectivity index (χ0v) is 10.6. The number of hydrogen-bond donors (Lipinski definition) is 2. The summed E-state index contributed by atoms with van der Waals surface area (Å²) in [5, 5.41) is 2.71. The van der Waals surface area contributed by atoms with Gasteiger partial charge in [0.15, 0.2) is 0 Å². The molecule has 0 fully saturated rings. The minimum Gasteiger partial charge on any atom is -0.399 e. The Bertz CT molecular complexity index is 611. The van der Waals surface area contributed by atoms with Gasteiger partial charge in [-0.2, -0.15) is 0 Å². The number of rotatable bonds is 3. The van der Waals surface area contributed by atoms with Crippen molar-refractivity contribution in [2.24, 2.45) is 0 Å². The highest BCUT2D eigenvalue weighted by Gasteiger charge is 2.12. The number of hydrogen-bond acceptors (Lipinski definition) is 2. The van der Waals surface area contributed by atoms with Gasteiger partial charge in [0.1, 0.15) is 5.82 Å². The fourth-order valence-electron chi connectivity index (χ4n) is 1.86. The number of nitrogens with one attached hydrogen (secondary N) is 1. The smallest absolute Gasteiger partial charge is 0.258 e. The van der Waals surface area contributed by atoms with Crippen molar-refractivity contribution in [3.05, 3.63) is 59.4 Å². The number of aryl methyl sites for hydroxylation is 1. The van der Waals surface area contributed by atoms with Gasteiger partial charge in [-0.25, -0.2) is 4.39 Å². The minimum absolute atomic E-state index is 0.0291. The van der Waals surface area contributed by atoms with E-state index < -0.39 is 11.7 Å². The minimum atomic E-state index is -0.534. The highest BCUT2D eigenvalue weighted by Crippen LogP contribution is 2.20. The summed E-state index contributed by atoms with van der Waals surface area (Å²) in [6.45, 7) is 1.97. The molecular formula is C15H15FN2O. The summed E-state index contributed by atoms with van der Waals surface area (Å²) in [6, 6.07) is 11.1. The lowest BCUT2D eigenvalue weighted by atomic mass is 10.1. The summed E-state index contributed by atoms with van der Waals surface area (Å²) in [7, 11) is 0. The van der Waals surface area contributed by atoms with Crippen LogP contribution in [-0.2, 0) is 6.42 Å². The van der Waals surface area contributed by atoms with Crippen LogP contribution >= 0.6 is 0 Å². The van der Waals surface area contributed by atoms with E-state index in [1.807, 2.05) is 6.92 Å². The summed E-state index contributed by atoms with van der Waals surface area (Å²) >= 11 is 0. The molecule has 2 aromatic carbocycles. The van der Waals surface area contributed by atoms with Crippen molar-refractivity contribution in [3.63, 3.8) is 0 Å². The Morgan fingerprint density at radius 3 is 2.68 bits per heavy atom. The Labute approximate surface area is 111 Å². The zero-order valence-electron chi connectivity index (χ0n) is 10.6. The van der Waals surface area contributed by atoms with Crippen LogP contribution in [0.4, 0.5) is 15.8 Å². The molecule has 2 rings (SSSR count). The number of halogens is 1. The van der Waals surface area contributed by atoms with Crippen LogP contribution in [0.2, 0.25) is 0 Å². The summed E-state index contributed by atoms with van der Waals surface area (Å²) in [4.78, 5) is 12.0. The van der Waals surface area contributed by atoms with Gasteiger partial charge < -0.3 is 11.1 Å². The first-order chi connectivity index (χ1) is 9.11. The average Bonchev–Trinajstić information content (AvgIpc) is 2.41. The van der Waals surface area contributed by atoms with Crippen molar-refractivity contribution in [1.82, 2.24) is 0 Å². The van der Waals surface area contributed by atoms with Gasteiger partial charge >= 0.3 is 0 Å². The summed E-state index contributed by atoms with van der Waals surface area (Å²) in [6.07, 6.45) is 0.734. The molecule has 3 N–H and O–H groups in total. The van der Waals surface area contributed by atoms with Crippen molar-refractivity contribution in [2.75, 3.05) is 11.1 Å². The molecule has 0 saturated carbocycles. The number of amides is 1. The molecule has 0 radical (unpaired) electrons. The van der Waals surface area contributed by atoms with Crippen LogP contribution in [0.15, 0.2) is 42.5 Å². The standard InChI is InChI=1S/C15H15FN2O/c1-2-10-9-11(17)7-8-14(10)18-15(19)12-5-3-4-6-13(12)16/h3-9H,2,17H2,1H3,(H,18,19). The van der Waals surface area contributed by atoms with Gasteiger partial charge in [-0.05, 0) is 42.3 Å². The van der Waals surface area contributed by atoms with Crippen LogP contribution in [0.3, 0.4) is 0 Å². The third-order valence-corrected chi connectivity index (χ3v) is 2.88. The lowest BCUT2D eigenvalue weighted by Crippen LogP contribution is -2.15. The largest absolute Gasteiger partial charge is 0.399 e. The molecule has 98 valence electrons. The molecule has 19 heavy (non-hydrogen) atoms. The Kier molecular flexibility index (Phi) is 3.80. The maximum absolute atomic E-state index is 13.5.